The van der Waals surface area contributed by atoms with Crippen LogP contribution >= 0.6 is 0 Å². The average Bonchev–Trinajstić information content (AvgIpc) is 2.51. The summed E-state index contributed by atoms with van der Waals surface area (Å²) in [5.41, 5.74) is 0. The molecule has 0 amide bonds. The lowest BCUT2D eigenvalue weighted by atomic mass is 9.90. The van der Waals surface area contributed by atoms with E-state index in [0.29, 0.717) is 5.92 Å². The van der Waals surface area contributed by atoms with Gasteiger partial charge in [-0.3, -0.25) is 4.79 Å². The van der Waals surface area contributed by atoms with E-state index in [1.807, 2.05) is 0 Å². The third-order valence-corrected chi connectivity index (χ3v) is 3.33. The molecule has 2 unspecified atom stereocenters. The predicted molar refractivity (Wildman–Crippen MR) is 57.2 cm³/mol. The maximum Gasteiger partial charge on any atom is 0.306 e. The van der Waals surface area contributed by atoms with E-state index >= 15 is 0 Å². The third-order valence-electron chi connectivity index (χ3n) is 3.33. The van der Waals surface area contributed by atoms with Crippen molar-refractivity contribution in [3.63, 3.8) is 0 Å². The van der Waals surface area contributed by atoms with Gasteiger partial charge in [-0.1, -0.05) is 33.1 Å². The van der Waals surface area contributed by atoms with Gasteiger partial charge in [-0.25, -0.2) is 0 Å². The van der Waals surface area contributed by atoms with Crippen LogP contribution in [0.3, 0.4) is 0 Å². The van der Waals surface area contributed by atoms with Crippen LogP contribution in [0.5, 0.6) is 0 Å². The Morgan fingerprint density at radius 1 is 1.43 bits per heavy atom. The van der Waals surface area contributed by atoms with Crippen molar-refractivity contribution in [2.45, 2.75) is 52.4 Å². The van der Waals surface area contributed by atoms with Crippen molar-refractivity contribution in [1.82, 2.24) is 0 Å². The van der Waals surface area contributed by atoms with Crippen molar-refractivity contribution >= 4 is 5.97 Å². The number of hydrogen-bond donors (Lipinski definition) is 1. The standard InChI is InChI=1S/C12H22O2/c1-9(2)5-3-6-10-7-4-8-11(10)12(13)14/h9-11H,3-8H2,1-2H3,(H,13,14). The van der Waals surface area contributed by atoms with Crippen LogP contribution in [-0.4, -0.2) is 11.1 Å². The van der Waals surface area contributed by atoms with Crippen LogP contribution in [-0.2, 0) is 4.79 Å². The molecule has 0 heterocycles. The lowest BCUT2D eigenvalue weighted by Crippen LogP contribution is -2.18. The summed E-state index contributed by atoms with van der Waals surface area (Å²) in [5, 5.41) is 8.99. The van der Waals surface area contributed by atoms with Crippen molar-refractivity contribution < 1.29 is 9.90 Å². The van der Waals surface area contributed by atoms with Crippen LogP contribution in [0, 0.1) is 17.8 Å². The Kier molecular flexibility index (Phi) is 4.43. The predicted octanol–water partition coefficient (Wildman–Crippen LogP) is 3.31. The topological polar surface area (TPSA) is 37.3 Å². The number of hydrogen-bond acceptors (Lipinski definition) is 1. The van der Waals surface area contributed by atoms with Gasteiger partial charge in [0.1, 0.15) is 0 Å². The van der Waals surface area contributed by atoms with Gasteiger partial charge in [0.2, 0.25) is 0 Å². The highest BCUT2D eigenvalue weighted by Crippen LogP contribution is 2.35. The zero-order valence-electron chi connectivity index (χ0n) is 9.33. The van der Waals surface area contributed by atoms with E-state index in [0.717, 1.165) is 31.6 Å². The molecule has 1 aliphatic carbocycles. The minimum absolute atomic E-state index is 0.0397. The molecule has 1 rings (SSSR count). The van der Waals surface area contributed by atoms with Crippen LogP contribution < -0.4 is 0 Å². The van der Waals surface area contributed by atoms with E-state index in [1.54, 1.807) is 0 Å². The molecule has 0 aromatic rings. The molecular weight excluding hydrogens is 176 g/mol. The molecule has 0 saturated heterocycles. The highest BCUT2D eigenvalue weighted by molar-refractivity contribution is 5.70. The Balaban J connectivity index is 2.26. The van der Waals surface area contributed by atoms with E-state index in [1.165, 1.54) is 12.8 Å². The minimum Gasteiger partial charge on any atom is -0.481 e. The fourth-order valence-corrected chi connectivity index (χ4v) is 2.50. The van der Waals surface area contributed by atoms with Crippen LogP contribution in [0.4, 0.5) is 0 Å². The highest BCUT2D eigenvalue weighted by Gasteiger charge is 2.31. The Morgan fingerprint density at radius 3 is 2.71 bits per heavy atom. The molecule has 2 heteroatoms. The lowest BCUT2D eigenvalue weighted by molar-refractivity contribution is -0.143. The first-order chi connectivity index (χ1) is 6.61. The molecule has 0 bridgehead atoms. The zero-order valence-corrected chi connectivity index (χ0v) is 9.33. The van der Waals surface area contributed by atoms with Crippen molar-refractivity contribution in [3.8, 4) is 0 Å². The van der Waals surface area contributed by atoms with E-state index in [9.17, 15) is 4.79 Å². The summed E-state index contributed by atoms with van der Waals surface area (Å²) < 4.78 is 0. The summed E-state index contributed by atoms with van der Waals surface area (Å²) in [7, 11) is 0. The van der Waals surface area contributed by atoms with E-state index in [4.69, 9.17) is 5.11 Å². The normalized spacial score (nSPS) is 27.1. The van der Waals surface area contributed by atoms with Crippen molar-refractivity contribution in [2.24, 2.45) is 17.8 Å². The van der Waals surface area contributed by atoms with Gasteiger partial charge in [-0.05, 0) is 31.1 Å². The molecule has 0 aliphatic heterocycles. The van der Waals surface area contributed by atoms with Gasteiger partial charge >= 0.3 is 5.97 Å². The molecule has 2 atom stereocenters. The number of aliphatic carboxylic acids is 1. The van der Waals surface area contributed by atoms with Gasteiger partial charge in [-0.15, -0.1) is 0 Å². The first-order valence-electron chi connectivity index (χ1n) is 5.84. The second-order valence-electron chi connectivity index (χ2n) is 4.96. The monoisotopic (exact) mass is 198 g/mol. The van der Waals surface area contributed by atoms with Crippen LogP contribution in [0.1, 0.15) is 52.4 Å². The van der Waals surface area contributed by atoms with Crippen molar-refractivity contribution in [1.29, 1.82) is 0 Å². The molecular formula is C12H22O2. The van der Waals surface area contributed by atoms with Gasteiger partial charge in [0.25, 0.3) is 0 Å². The molecule has 0 aromatic carbocycles. The second kappa shape index (κ2) is 5.38. The van der Waals surface area contributed by atoms with Crippen LogP contribution in [0.15, 0.2) is 0 Å². The SMILES string of the molecule is CC(C)CCCC1CCCC1C(=O)O. The summed E-state index contributed by atoms with van der Waals surface area (Å²) in [6.07, 6.45) is 6.71. The zero-order chi connectivity index (χ0) is 10.6. The summed E-state index contributed by atoms with van der Waals surface area (Å²) >= 11 is 0. The smallest absolute Gasteiger partial charge is 0.306 e. The average molecular weight is 198 g/mol. The Labute approximate surface area is 86.7 Å². The summed E-state index contributed by atoms with van der Waals surface area (Å²) in [4.78, 5) is 10.9. The summed E-state index contributed by atoms with van der Waals surface area (Å²) in [6.45, 7) is 4.45. The molecule has 1 fully saturated rings. The Hall–Kier alpha value is -0.530. The number of carboxylic acids is 1. The number of rotatable bonds is 5. The fourth-order valence-electron chi connectivity index (χ4n) is 2.50. The van der Waals surface area contributed by atoms with Crippen LogP contribution in [0.25, 0.3) is 0 Å². The Morgan fingerprint density at radius 2 is 2.14 bits per heavy atom. The first kappa shape index (κ1) is 11.5. The molecule has 0 spiro atoms. The maximum atomic E-state index is 10.9. The summed E-state index contributed by atoms with van der Waals surface area (Å²) in [6, 6.07) is 0. The number of carboxylic acid groups (broad SMARTS) is 1. The first-order valence-corrected chi connectivity index (χ1v) is 5.84. The highest BCUT2D eigenvalue weighted by atomic mass is 16.4. The molecule has 1 saturated carbocycles. The van der Waals surface area contributed by atoms with Gasteiger partial charge < -0.3 is 5.11 Å². The van der Waals surface area contributed by atoms with Gasteiger partial charge in [0, 0.05) is 0 Å². The second-order valence-corrected chi connectivity index (χ2v) is 4.96. The quantitative estimate of drug-likeness (QED) is 0.735. The molecule has 0 radical (unpaired) electrons. The van der Waals surface area contributed by atoms with Crippen molar-refractivity contribution in [3.05, 3.63) is 0 Å². The minimum atomic E-state index is -0.572. The molecule has 2 nitrogen and oxygen atoms in total. The van der Waals surface area contributed by atoms with Gasteiger partial charge in [-0.2, -0.15) is 0 Å². The van der Waals surface area contributed by atoms with E-state index < -0.39 is 5.97 Å². The molecule has 14 heavy (non-hydrogen) atoms. The van der Waals surface area contributed by atoms with Crippen LogP contribution in [0.2, 0.25) is 0 Å². The molecule has 0 aromatic heterocycles. The Bertz CT molecular complexity index is 187. The summed E-state index contributed by atoms with van der Waals surface area (Å²) in [5.74, 6) is 0.602. The van der Waals surface area contributed by atoms with Gasteiger partial charge in [0.05, 0.1) is 5.92 Å². The fraction of sp³-hybridized carbons (Fsp3) is 0.917. The van der Waals surface area contributed by atoms with Crippen molar-refractivity contribution in [2.75, 3.05) is 0 Å². The largest absolute Gasteiger partial charge is 0.481 e. The maximum absolute atomic E-state index is 10.9. The molecule has 82 valence electrons. The number of carbonyl (C=O) groups is 1. The van der Waals surface area contributed by atoms with Gasteiger partial charge in [0.15, 0.2) is 0 Å². The lowest BCUT2D eigenvalue weighted by Gasteiger charge is -2.15. The van der Waals surface area contributed by atoms with E-state index in [2.05, 4.69) is 13.8 Å². The van der Waals surface area contributed by atoms with E-state index in [-0.39, 0.29) is 5.92 Å². The molecule has 1 N–H and O–H groups in total. The molecule has 1 aliphatic rings. The third kappa shape index (κ3) is 3.32.